The van der Waals surface area contributed by atoms with Gasteiger partial charge in [-0.05, 0) is 17.7 Å². The van der Waals surface area contributed by atoms with Crippen LogP contribution in [0.25, 0.3) is 11.4 Å². The largest absolute Gasteiger partial charge is 0.324 e. The second kappa shape index (κ2) is 7.37. The van der Waals surface area contributed by atoms with Crippen molar-refractivity contribution in [3.05, 3.63) is 64.3 Å². The minimum atomic E-state index is -0.374. The van der Waals surface area contributed by atoms with Gasteiger partial charge in [-0.2, -0.15) is 0 Å². The minimum Gasteiger partial charge on any atom is -0.298 e. The van der Waals surface area contributed by atoms with E-state index in [1.807, 2.05) is 16.7 Å². The molecule has 0 atom stereocenters. The minimum absolute atomic E-state index is 0.149. The van der Waals surface area contributed by atoms with Gasteiger partial charge < -0.3 is 0 Å². The van der Waals surface area contributed by atoms with Gasteiger partial charge in [0.15, 0.2) is 11.0 Å². The molecule has 0 aliphatic heterocycles. The average Bonchev–Trinajstić information content (AvgIpc) is 3.21. The van der Waals surface area contributed by atoms with Crippen LogP contribution in [0.2, 0.25) is 0 Å². The lowest BCUT2D eigenvalue weighted by Gasteiger charge is -2.07. The number of pyridine rings is 1. The summed E-state index contributed by atoms with van der Waals surface area (Å²) in [5, 5.41) is 22.0. The average molecular weight is 359 g/mol. The number of hydrogen-bond donors (Lipinski definition) is 0. The third kappa shape index (κ3) is 3.52. The summed E-state index contributed by atoms with van der Waals surface area (Å²) in [6, 6.07) is 5.34. The number of nitro groups is 1. The molecule has 0 aromatic carbocycles. The van der Waals surface area contributed by atoms with Crippen molar-refractivity contribution in [2.24, 2.45) is 0 Å². The van der Waals surface area contributed by atoms with Gasteiger partial charge in [0.1, 0.15) is 0 Å². The van der Waals surface area contributed by atoms with E-state index in [0.717, 1.165) is 33.4 Å². The SMILES string of the molecule is C=CCn1c(SCc2csc([N+](=O)[O-])c2)nnc1-c1ccncc1. The van der Waals surface area contributed by atoms with E-state index < -0.39 is 0 Å². The van der Waals surface area contributed by atoms with Crippen molar-refractivity contribution in [2.75, 3.05) is 0 Å². The molecule has 9 heteroatoms. The Balaban J connectivity index is 1.81. The van der Waals surface area contributed by atoms with Crippen LogP contribution in [-0.2, 0) is 12.3 Å². The van der Waals surface area contributed by atoms with E-state index in [0.29, 0.717) is 12.3 Å². The zero-order valence-corrected chi connectivity index (χ0v) is 14.2. The first-order chi connectivity index (χ1) is 11.7. The topological polar surface area (TPSA) is 86.7 Å². The Hall–Kier alpha value is -2.52. The predicted molar refractivity (Wildman–Crippen MR) is 94.0 cm³/mol. The molecule has 7 nitrogen and oxygen atoms in total. The van der Waals surface area contributed by atoms with Gasteiger partial charge in [0, 0.05) is 41.7 Å². The van der Waals surface area contributed by atoms with Gasteiger partial charge in [-0.3, -0.25) is 19.7 Å². The van der Waals surface area contributed by atoms with Crippen LogP contribution < -0.4 is 0 Å². The van der Waals surface area contributed by atoms with Crippen molar-refractivity contribution >= 4 is 28.1 Å². The molecule has 0 amide bonds. The summed E-state index contributed by atoms with van der Waals surface area (Å²) in [5.74, 6) is 1.34. The van der Waals surface area contributed by atoms with Gasteiger partial charge in [-0.15, -0.1) is 16.8 Å². The van der Waals surface area contributed by atoms with Gasteiger partial charge in [0.05, 0.1) is 4.92 Å². The normalized spacial score (nSPS) is 10.7. The Bertz CT molecular complexity index is 860. The third-order valence-corrected chi connectivity index (χ3v) is 5.12. The molecule has 0 spiro atoms. The van der Waals surface area contributed by atoms with Crippen molar-refractivity contribution in [3.8, 4) is 11.4 Å². The highest BCUT2D eigenvalue weighted by molar-refractivity contribution is 7.98. The summed E-state index contributed by atoms with van der Waals surface area (Å²) in [4.78, 5) is 14.4. The molecular formula is C15H13N5O2S2. The Morgan fingerprint density at radius 1 is 1.38 bits per heavy atom. The van der Waals surface area contributed by atoms with Crippen LogP contribution in [0.4, 0.5) is 5.00 Å². The number of allylic oxidation sites excluding steroid dienone is 1. The zero-order valence-electron chi connectivity index (χ0n) is 12.5. The second-order valence-electron chi connectivity index (χ2n) is 4.78. The Labute approximate surface area is 146 Å². The molecule has 0 unspecified atom stereocenters. The van der Waals surface area contributed by atoms with Gasteiger partial charge in [-0.25, -0.2) is 0 Å². The van der Waals surface area contributed by atoms with Crippen LogP contribution in [0.15, 0.2) is 53.8 Å². The van der Waals surface area contributed by atoms with Gasteiger partial charge >= 0.3 is 5.00 Å². The summed E-state index contributed by atoms with van der Waals surface area (Å²) >= 11 is 2.62. The number of aromatic nitrogens is 4. The van der Waals surface area contributed by atoms with Gasteiger partial charge in [-0.1, -0.05) is 29.2 Å². The highest BCUT2D eigenvalue weighted by Gasteiger charge is 2.15. The van der Waals surface area contributed by atoms with Crippen LogP contribution in [0, 0.1) is 10.1 Å². The molecule has 0 radical (unpaired) electrons. The molecule has 0 aliphatic rings. The zero-order chi connectivity index (χ0) is 16.9. The summed E-state index contributed by atoms with van der Waals surface area (Å²) in [6.45, 7) is 4.36. The van der Waals surface area contributed by atoms with Crippen molar-refractivity contribution in [1.82, 2.24) is 19.7 Å². The highest BCUT2D eigenvalue weighted by Crippen LogP contribution is 2.30. The lowest BCUT2D eigenvalue weighted by Crippen LogP contribution is -2.00. The van der Waals surface area contributed by atoms with E-state index in [1.54, 1.807) is 29.9 Å². The number of nitrogens with zero attached hydrogens (tertiary/aromatic N) is 5. The summed E-state index contributed by atoms with van der Waals surface area (Å²) in [7, 11) is 0. The molecule has 0 fully saturated rings. The molecule has 0 aliphatic carbocycles. The number of rotatable bonds is 7. The van der Waals surface area contributed by atoms with Crippen LogP contribution in [0.1, 0.15) is 5.56 Å². The Morgan fingerprint density at radius 2 is 2.17 bits per heavy atom. The van der Waals surface area contributed by atoms with Crippen molar-refractivity contribution < 1.29 is 4.92 Å². The predicted octanol–water partition coefficient (Wildman–Crippen LogP) is 3.79. The van der Waals surface area contributed by atoms with E-state index in [4.69, 9.17) is 0 Å². The van der Waals surface area contributed by atoms with Crippen molar-refractivity contribution in [3.63, 3.8) is 0 Å². The first-order valence-electron chi connectivity index (χ1n) is 6.98. The molecule has 0 bridgehead atoms. The van der Waals surface area contributed by atoms with Crippen molar-refractivity contribution in [1.29, 1.82) is 0 Å². The maximum atomic E-state index is 10.8. The molecular weight excluding hydrogens is 346 g/mol. The van der Waals surface area contributed by atoms with E-state index in [-0.39, 0.29) is 9.92 Å². The van der Waals surface area contributed by atoms with Gasteiger partial charge in [0.25, 0.3) is 0 Å². The summed E-state index contributed by atoms with van der Waals surface area (Å²) in [5.41, 5.74) is 1.83. The van der Waals surface area contributed by atoms with Crippen LogP contribution >= 0.6 is 23.1 Å². The van der Waals surface area contributed by atoms with E-state index in [2.05, 4.69) is 21.8 Å². The van der Waals surface area contributed by atoms with Crippen LogP contribution in [0.3, 0.4) is 0 Å². The molecule has 122 valence electrons. The Morgan fingerprint density at radius 3 is 2.83 bits per heavy atom. The lowest BCUT2D eigenvalue weighted by molar-refractivity contribution is -0.380. The monoisotopic (exact) mass is 359 g/mol. The molecule has 3 aromatic heterocycles. The fourth-order valence-corrected chi connectivity index (χ4v) is 3.80. The molecule has 3 aromatic rings. The van der Waals surface area contributed by atoms with E-state index in [9.17, 15) is 10.1 Å². The van der Waals surface area contributed by atoms with Crippen LogP contribution in [0.5, 0.6) is 0 Å². The Kier molecular flexibility index (Phi) is 5.02. The molecule has 0 saturated heterocycles. The maximum Gasteiger partial charge on any atom is 0.324 e. The molecule has 3 heterocycles. The highest BCUT2D eigenvalue weighted by atomic mass is 32.2. The summed E-state index contributed by atoms with van der Waals surface area (Å²) < 4.78 is 1.97. The van der Waals surface area contributed by atoms with E-state index >= 15 is 0 Å². The second-order valence-corrected chi connectivity index (χ2v) is 6.61. The smallest absolute Gasteiger partial charge is 0.298 e. The number of hydrogen-bond acceptors (Lipinski definition) is 7. The van der Waals surface area contributed by atoms with Crippen molar-refractivity contribution in [2.45, 2.75) is 17.5 Å². The first kappa shape index (κ1) is 16.3. The molecule has 0 N–H and O–H groups in total. The summed E-state index contributed by atoms with van der Waals surface area (Å²) in [6.07, 6.45) is 5.20. The molecule has 3 rings (SSSR count). The fraction of sp³-hybridized carbons (Fsp3) is 0.133. The number of thiophene rings is 1. The first-order valence-corrected chi connectivity index (χ1v) is 8.84. The quantitative estimate of drug-likeness (QED) is 0.276. The maximum absolute atomic E-state index is 10.8. The number of thioether (sulfide) groups is 1. The molecule has 0 saturated carbocycles. The third-order valence-electron chi connectivity index (χ3n) is 3.15. The van der Waals surface area contributed by atoms with Crippen LogP contribution in [-0.4, -0.2) is 24.7 Å². The standard InChI is InChI=1S/C15H13N5O2S2/c1-2-7-19-14(12-3-5-16-6-4-12)17-18-15(19)24-10-11-8-13(20(21)22)23-9-11/h2-6,8-9H,1,7,10H2. The fourth-order valence-electron chi connectivity index (χ4n) is 2.09. The lowest BCUT2D eigenvalue weighted by atomic mass is 10.2. The molecule has 24 heavy (non-hydrogen) atoms. The van der Waals surface area contributed by atoms with E-state index in [1.165, 1.54) is 11.8 Å². The van der Waals surface area contributed by atoms with Gasteiger partial charge in [0.2, 0.25) is 0 Å².